The molecule has 0 atom stereocenters. The van der Waals surface area contributed by atoms with Crippen molar-refractivity contribution in [1.29, 1.82) is 0 Å². The fraction of sp³-hybridized carbons (Fsp3) is 0.611. The summed E-state index contributed by atoms with van der Waals surface area (Å²) >= 11 is 0. The van der Waals surface area contributed by atoms with E-state index in [9.17, 15) is 13.2 Å². The molecule has 0 bridgehead atoms. The summed E-state index contributed by atoms with van der Waals surface area (Å²) in [4.78, 5) is 14.6. The van der Waals surface area contributed by atoms with Gasteiger partial charge in [0.15, 0.2) is 0 Å². The molecule has 0 spiro atoms. The number of sulfonamides is 1. The number of hydrogen-bond donors (Lipinski definition) is 2. The van der Waals surface area contributed by atoms with Crippen molar-refractivity contribution in [3.8, 4) is 0 Å². The van der Waals surface area contributed by atoms with Gasteiger partial charge in [0.05, 0.1) is 11.4 Å². The second-order valence-corrected chi connectivity index (χ2v) is 8.28. The molecule has 0 unspecified atom stereocenters. The molecule has 0 aliphatic carbocycles. The van der Waals surface area contributed by atoms with Gasteiger partial charge in [0.2, 0.25) is 15.9 Å². The minimum absolute atomic E-state index is 0.0569. The molecule has 2 rings (SSSR count). The van der Waals surface area contributed by atoms with Crippen molar-refractivity contribution in [3.05, 3.63) is 24.3 Å². The molecule has 2 N–H and O–H groups in total. The minimum Gasteiger partial charge on any atom is -0.325 e. The van der Waals surface area contributed by atoms with Gasteiger partial charge in [-0.15, -0.1) is 0 Å². The van der Waals surface area contributed by atoms with Crippen LogP contribution in [0.25, 0.3) is 0 Å². The highest BCUT2D eigenvalue weighted by Crippen LogP contribution is 2.15. The molecular weight excluding hydrogens is 338 g/mol. The lowest BCUT2D eigenvalue weighted by molar-refractivity contribution is -0.117. The molecule has 0 radical (unpaired) electrons. The van der Waals surface area contributed by atoms with Crippen molar-refractivity contribution in [3.63, 3.8) is 0 Å². The monoisotopic (exact) mass is 367 g/mol. The smallest absolute Gasteiger partial charge is 0.240 e. The van der Waals surface area contributed by atoms with Crippen LogP contribution < -0.4 is 10.0 Å². The van der Waals surface area contributed by atoms with Crippen LogP contribution >= 0.6 is 0 Å². The predicted molar refractivity (Wildman–Crippen MR) is 100 cm³/mol. The van der Waals surface area contributed by atoms with E-state index in [1.807, 2.05) is 6.92 Å². The first-order valence-corrected chi connectivity index (χ1v) is 10.6. The Bertz CT molecular complexity index is 636. The molecule has 0 aromatic heterocycles. The van der Waals surface area contributed by atoms with Gasteiger partial charge in [0.25, 0.3) is 0 Å². The topological polar surface area (TPSA) is 78.5 Å². The molecule has 1 aliphatic heterocycles. The molecule has 0 saturated carbocycles. The first-order valence-electron chi connectivity index (χ1n) is 9.13. The van der Waals surface area contributed by atoms with Crippen LogP contribution in [0, 0.1) is 0 Å². The van der Waals surface area contributed by atoms with Gasteiger partial charge in [-0.05, 0) is 56.6 Å². The Hall–Kier alpha value is -1.44. The zero-order valence-corrected chi connectivity index (χ0v) is 15.8. The van der Waals surface area contributed by atoms with E-state index >= 15 is 0 Å². The largest absolute Gasteiger partial charge is 0.325 e. The van der Waals surface area contributed by atoms with Crippen molar-refractivity contribution < 1.29 is 13.2 Å². The summed E-state index contributed by atoms with van der Waals surface area (Å²) in [5, 5.41) is 2.84. The van der Waals surface area contributed by atoms with Crippen LogP contribution in [0.15, 0.2) is 29.2 Å². The van der Waals surface area contributed by atoms with Gasteiger partial charge < -0.3 is 5.32 Å². The zero-order chi connectivity index (χ0) is 18.1. The van der Waals surface area contributed by atoms with Gasteiger partial charge in [-0.1, -0.05) is 26.2 Å². The third-order valence-corrected chi connectivity index (χ3v) is 5.81. The average Bonchev–Trinajstić information content (AvgIpc) is 2.84. The van der Waals surface area contributed by atoms with E-state index in [0.717, 1.165) is 38.8 Å². The molecule has 6 nitrogen and oxygen atoms in total. The number of amides is 1. The van der Waals surface area contributed by atoms with E-state index in [4.69, 9.17) is 0 Å². The standard InChI is InChI=1S/C18H29N3O3S/c1-2-3-12-19-25(23,24)17-10-8-16(9-11-17)20-18(22)15-21-13-6-4-5-7-14-21/h8-11,19H,2-7,12-15H2,1H3,(H,20,22). The molecule has 1 aliphatic rings. The normalized spacial score (nSPS) is 16.4. The second-order valence-electron chi connectivity index (χ2n) is 6.51. The van der Waals surface area contributed by atoms with E-state index in [1.165, 1.54) is 25.0 Å². The van der Waals surface area contributed by atoms with Gasteiger partial charge >= 0.3 is 0 Å². The maximum absolute atomic E-state index is 12.2. The summed E-state index contributed by atoms with van der Waals surface area (Å²) in [7, 11) is -3.48. The van der Waals surface area contributed by atoms with Crippen molar-refractivity contribution >= 4 is 21.6 Å². The highest BCUT2D eigenvalue weighted by Gasteiger charge is 2.15. The maximum Gasteiger partial charge on any atom is 0.240 e. The number of hydrogen-bond acceptors (Lipinski definition) is 4. The molecule has 140 valence electrons. The van der Waals surface area contributed by atoms with Gasteiger partial charge in [0, 0.05) is 12.2 Å². The van der Waals surface area contributed by atoms with Crippen molar-refractivity contribution in [2.75, 3.05) is 31.5 Å². The van der Waals surface area contributed by atoms with Crippen molar-refractivity contribution in [1.82, 2.24) is 9.62 Å². The van der Waals surface area contributed by atoms with E-state index in [1.54, 1.807) is 12.1 Å². The molecule has 1 amide bonds. The van der Waals surface area contributed by atoms with Crippen LogP contribution in [0.2, 0.25) is 0 Å². The molecule has 1 heterocycles. The van der Waals surface area contributed by atoms with Crippen molar-refractivity contribution in [2.24, 2.45) is 0 Å². The number of unbranched alkanes of at least 4 members (excludes halogenated alkanes) is 1. The highest BCUT2D eigenvalue weighted by atomic mass is 32.2. The summed E-state index contributed by atoms with van der Waals surface area (Å²) in [5.74, 6) is -0.0569. The Morgan fingerprint density at radius 1 is 1.08 bits per heavy atom. The van der Waals surface area contributed by atoms with Gasteiger partial charge in [0.1, 0.15) is 0 Å². The molecule has 1 aromatic carbocycles. The van der Waals surface area contributed by atoms with Crippen molar-refractivity contribution in [2.45, 2.75) is 50.3 Å². The Morgan fingerprint density at radius 3 is 2.32 bits per heavy atom. The van der Waals surface area contributed by atoms with Crippen LogP contribution in [0.4, 0.5) is 5.69 Å². The summed E-state index contributed by atoms with van der Waals surface area (Å²) in [6.45, 7) is 4.77. The number of nitrogens with zero attached hydrogens (tertiary/aromatic N) is 1. The van der Waals surface area contributed by atoms with E-state index < -0.39 is 10.0 Å². The lowest BCUT2D eigenvalue weighted by Gasteiger charge is -2.19. The third-order valence-electron chi connectivity index (χ3n) is 4.34. The summed E-state index contributed by atoms with van der Waals surface area (Å²) in [6, 6.07) is 6.31. The summed E-state index contributed by atoms with van der Waals surface area (Å²) < 4.78 is 26.8. The predicted octanol–water partition coefficient (Wildman–Crippen LogP) is 2.58. The lowest BCUT2D eigenvalue weighted by atomic mass is 10.2. The number of anilines is 1. The molecule has 1 fully saturated rings. The van der Waals surface area contributed by atoms with Crippen LogP contribution in [0.3, 0.4) is 0 Å². The second kappa shape index (κ2) is 9.89. The number of carbonyl (C=O) groups is 1. The molecule has 7 heteroatoms. The number of likely N-dealkylation sites (tertiary alicyclic amines) is 1. The Morgan fingerprint density at radius 2 is 1.72 bits per heavy atom. The highest BCUT2D eigenvalue weighted by molar-refractivity contribution is 7.89. The van der Waals surface area contributed by atoms with Crippen LogP contribution in [-0.4, -0.2) is 45.4 Å². The molecule has 1 saturated heterocycles. The summed E-state index contributed by atoms with van der Waals surface area (Å²) in [5.41, 5.74) is 0.618. The van der Waals surface area contributed by atoms with E-state index in [-0.39, 0.29) is 10.8 Å². The average molecular weight is 368 g/mol. The van der Waals surface area contributed by atoms with Crippen LogP contribution in [-0.2, 0) is 14.8 Å². The fourth-order valence-electron chi connectivity index (χ4n) is 2.88. The minimum atomic E-state index is -3.48. The number of benzene rings is 1. The Labute approximate surface area is 151 Å². The van der Waals surface area contributed by atoms with Crippen LogP contribution in [0.1, 0.15) is 45.4 Å². The van der Waals surface area contributed by atoms with E-state index in [0.29, 0.717) is 18.8 Å². The van der Waals surface area contributed by atoms with Crippen LogP contribution in [0.5, 0.6) is 0 Å². The number of carbonyl (C=O) groups excluding carboxylic acids is 1. The molecule has 25 heavy (non-hydrogen) atoms. The summed E-state index contributed by atoms with van der Waals surface area (Å²) in [6.07, 6.45) is 6.50. The number of nitrogens with one attached hydrogen (secondary N) is 2. The van der Waals surface area contributed by atoms with Gasteiger partial charge in [-0.25, -0.2) is 13.1 Å². The van der Waals surface area contributed by atoms with Gasteiger partial charge in [-0.3, -0.25) is 9.69 Å². The lowest BCUT2D eigenvalue weighted by Crippen LogP contribution is -2.33. The first-order chi connectivity index (χ1) is 12.0. The number of rotatable bonds is 8. The molecular formula is C18H29N3O3S. The Balaban J connectivity index is 1.87. The zero-order valence-electron chi connectivity index (χ0n) is 15.0. The molecule has 1 aromatic rings. The Kier molecular flexibility index (Phi) is 7.87. The van der Waals surface area contributed by atoms with Gasteiger partial charge in [-0.2, -0.15) is 0 Å². The first kappa shape index (κ1) is 19.9. The fourth-order valence-corrected chi connectivity index (χ4v) is 3.96. The quantitative estimate of drug-likeness (QED) is 0.692. The van der Waals surface area contributed by atoms with E-state index in [2.05, 4.69) is 14.9 Å². The third kappa shape index (κ3) is 6.76. The maximum atomic E-state index is 12.2. The SMILES string of the molecule is CCCCNS(=O)(=O)c1ccc(NC(=O)CN2CCCCCC2)cc1.